The van der Waals surface area contributed by atoms with Crippen LogP contribution in [0, 0.1) is 13.8 Å². The fourth-order valence-electron chi connectivity index (χ4n) is 4.29. The molecule has 2 heterocycles. The van der Waals surface area contributed by atoms with E-state index in [2.05, 4.69) is 26.0 Å². The fraction of sp³-hybridized carbons (Fsp3) is 0.357. The number of benzene rings is 2. The number of aromatic nitrogens is 5. The highest BCUT2D eigenvalue weighted by Crippen LogP contribution is 2.38. The van der Waals surface area contributed by atoms with Gasteiger partial charge in [-0.05, 0) is 57.8 Å². The minimum absolute atomic E-state index is 0.0750. The first-order valence-electron chi connectivity index (χ1n) is 12.9. The summed E-state index contributed by atoms with van der Waals surface area (Å²) in [6, 6.07) is 6.87. The first-order chi connectivity index (χ1) is 19.4. The van der Waals surface area contributed by atoms with Crippen molar-refractivity contribution in [3.05, 3.63) is 70.7 Å². The molecule has 0 aliphatic heterocycles. The molecule has 13 heteroatoms. The molecule has 0 bridgehead atoms. The Labute approximate surface area is 236 Å². The SMILES string of the molecule is COc1c(CNCCN(C)C)cc(C(F)(F)F)cc1NC(=O)c1ccc(C)c(-n2cc(-c3cnn(C)c3C)nn2)c1. The van der Waals surface area contributed by atoms with Gasteiger partial charge in [0.25, 0.3) is 5.91 Å². The monoisotopic (exact) mass is 570 g/mol. The van der Waals surface area contributed by atoms with Crippen LogP contribution in [0.25, 0.3) is 16.9 Å². The second-order valence-corrected chi connectivity index (χ2v) is 9.96. The van der Waals surface area contributed by atoms with Gasteiger partial charge in [0.1, 0.15) is 11.4 Å². The number of likely N-dealkylation sites (N-methyl/N-ethyl adjacent to an activating group) is 1. The first kappa shape index (κ1) is 29.7. The normalized spacial score (nSPS) is 11.8. The number of aryl methyl sites for hydroxylation is 2. The molecule has 10 nitrogen and oxygen atoms in total. The Morgan fingerprint density at radius 1 is 1.15 bits per heavy atom. The van der Waals surface area contributed by atoms with Crippen LogP contribution in [0.2, 0.25) is 0 Å². The molecular formula is C28H33F3N8O2. The lowest BCUT2D eigenvalue weighted by atomic mass is 10.1. The van der Waals surface area contributed by atoms with Crippen LogP contribution in [0.1, 0.15) is 32.7 Å². The van der Waals surface area contributed by atoms with E-state index in [1.165, 1.54) is 7.11 Å². The van der Waals surface area contributed by atoms with E-state index in [4.69, 9.17) is 4.74 Å². The minimum atomic E-state index is -4.61. The number of ether oxygens (including phenoxy) is 1. The van der Waals surface area contributed by atoms with Crippen molar-refractivity contribution in [3.63, 3.8) is 0 Å². The van der Waals surface area contributed by atoms with E-state index in [9.17, 15) is 18.0 Å². The summed E-state index contributed by atoms with van der Waals surface area (Å²) in [7, 11) is 7.00. The van der Waals surface area contributed by atoms with Crippen molar-refractivity contribution >= 4 is 11.6 Å². The predicted octanol–water partition coefficient (Wildman–Crippen LogP) is 4.22. The van der Waals surface area contributed by atoms with Crippen LogP contribution in [-0.2, 0) is 19.8 Å². The summed E-state index contributed by atoms with van der Waals surface area (Å²) >= 11 is 0. The molecule has 41 heavy (non-hydrogen) atoms. The van der Waals surface area contributed by atoms with E-state index in [1.807, 2.05) is 39.9 Å². The van der Waals surface area contributed by atoms with Gasteiger partial charge in [-0.3, -0.25) is 9.48 Å². The zero-order valence-corrected chi connectivity index (χ0v) is 23.8. The molecule has 1 amide bonds. The molecule has 2 N–H and O–H groups in total. The van der Waals surface area contributed by atoms with Crippen molar-refractivity contribution < 1.29 is 22.7 Å². The van der Waals surface area contributed by atoms with Crippen LogP contribution in [0.3, 0.4) is 0 Å². The summed E-state index contributed by atoms with van der Waals surface area (Å²) in [6.45, 7) is 5.17. The number of carbonyl (C=O) groups excluding carboxylic acids is 1. The minimum Gasteiger partial charge on any atom is -0.494 e. The predicted molar refractivity (Wildman–Crippen MR) is 149 cm³/mol. The fourth-order valence-corrected chi connectivity index (χ4v) is 4.29. The van der Waals surface area contributed by atoms with Crippen LogP contribution in [-0.4, -0.2) is 69.9 Å². The Hall–Kier alpha value is -4.23. The third-order valence-electron chi connectivity index (χ3n) is 6.72. The van der Waals surface area contributed by atoms with Crippen molar-refractivity contribution in [1.82, 2.24) is 35.0 Å². The van der Waals surface area contributed by atoms with Crippen LogP contribution < -0.4 is 15.4 Å². The van der Waals surface area contributed by atoms with Crippen molar-refractivity contribution in [2.24, 2.45) is 7.05 Å². The molecule has 4 aromatic rings. The Morgan fingerprint density at radius 2 is 1.90 bits per heavy atom. The van der Waals surface area contributed by atoms with Gasteiger partial charge < -0.3 is 20.3 Å². The number of hydrogen-bond acceptors (Lipinski definition) is 7. The van der Waals surface area contributed by atoms with Crippen molar-refractivity contribution in [2.45, 2.75) is 26.6 Å². The number of nitrogens with one attached hydrogen (secondary N) is 2. The van der Waals surface area contributed by atoms with Gasteiger partial charge in [0, 0.05) is 49.1 Å². The van der Waals surface area contributed by atoms with Crippen molar-refractivity contribution in [1.29, 1.82) is 0 Å². The molecular weight excluding hydrogens is 537 g/mol. The number of hydrogen-bond donors (Lipinski definition) is 2. The number of halogens is 3. The summed E-state index contributed by atoms with van der Waals surface area (Å²) < 4.78 is 50.1. The maximum Gasteiger partial charge on any atom is 0.416 e. The molecule has 0 aliphatic rings. The van der Waals surface area contributed by atoms with E-state index in [0.29, 0.717) is 24.5 Å². The highest BCUT2D eigenvalue weighted by Gasteiger charge is 2.33. The van der Waals surface area contributed by atoms with E-state index >= 15 is 0 Å². The van der Waals surface area contributed by atoms with Crippen LogP contribution in [0.5, 0.6) is 5.75 Å². The number of nitrogens with zero attached hydrogens (tertiary/aromatic N) is 6. The Bertz CT molecular complexity index is 1540. The lowest BCUT2D eigenvalue weighted by molar-refractivity contribution is -0.137. The molecule has 0 spiro atoms. The summed E-state index contributed by atoms with van der Waals surface area (Å²) in [4.78, 5) is 15.3. The van der Waals surface area contributed by atoms with Crippen LogP contribution in [0.4, 0.5) is 18.9 Å². The number of anilines is 1. The van der Waals surface area contributed by atoms with E-state index in [-0.39, 0.29) is 29.1 Å². The number of methoxy groups -OCH3 is 1. The maximum atomic E-state index is 13.8. The summed E-state index contributed by atoms with van der Waals surface area (Å²) in [5.74, 6) is -0.442. The van der Waals surface area contributed by atoms with Gasteiger partial charge in [-0.2, -0.15) is 18.3 Å². The molecule has 0 atom stereocenters. The van der Waals surface area contributed by atoms with Gasteiger partial charge in [0.2, 0.25) is 0 Å². The van der Waals surface area contributed by atoms with Gasteiger partial charge in [0.15, 0.2) is 0 Å². The zero-order chi connectivity index (χ0) is 29.9. The smallest absolute Gasteiger partial charge is 0.416 e. The number of alkyl halides is 3. The largest absolute Gasteiger partial charge is 0.494 e. The molecule has 0 unspecified atom stereocenters. The molecule has 2 aromatic carbocycles. The molecule has 0 saturated heterocycles. The van der Waals surface area contributed by atoms with E-state index in [1.54, 1.807) is 40.0 Å². The summed E-state index contributed by atoms with van der Waals surface area (Å²) in [6.07, 6.45) is -1.17. The second-order valence-electron chi connectivity index (χ2n) is 9.96. The Balaban J connectivity index is 1.63. The lowest BCUT2D eigenvalue weighted by Gasteiger charge is -2.19. The zero-order valence-electron chi connectivity index (χ0n) is 23.8. The lowest BCUT2D eigenvalue weighted by Crippen LogP contribution is -2.26. The van der Waals surface area contributed by atoms with E-state index in [0.717, 1.165) is 29.0 Å². The van der Waals surface area contributed by atoms with Gasteiger partial charge >= 0.3 is 6.18 Å². The Morgan fingerprint density at radius 3 is 2.54 bits per heavy atom. The second kappa shape index (κ2) is 12.1. The highest BCUT2D eigenvalue weighted by molar-refractivity contribution is 6.05. The average molecular weight is 571 g/mol. The number of rotatable bonds is 10. The average Bonchev–Trinajstić information content (AvgIpc) is 3.52. The van der Waals surface area contributed by atoms with Crippen molar-refractivity contribution in [3.8, 4) is 22.7 Å². The van der Waals surface area contributed by atoms with Crippen LogP contribution >= 0.6 is 0 Å². The third-order valence-corrected chi connectivity index (χ3v) is 6.72. The van der Waals surface area contributed by atoms with Gasteiger partial charge in [-0.1, -0.05) is 11.3 Å². The molecule has 0 fully saturated rings. The maximum absolute atomic E-state index is 13.8. The van der Waals surface area contributed by atoms with Crippen molar-refractivity contribution in [2.75, 3.05) is 39.6 Å². The van der Waals surface area contributed by atoms with Gasteiger partial charge in [-0.25, -0.2) is 4.68 Å². The molecule has 2 aromatic heterocycles. The molecule has 0 saturated carbocycles. The Kier molecular flexibility index (Phi) is 8.78. The van der Waals surface area contributed by atoms with Gasteiger partial charge in [-0.15, -0.1) is 5.10 Å². The summed E-state index contributed by atoms with van der Waals surface area (Å²) in [5, 5.41) is 18.5. The molecule has 218 valence electrons. The third kappa shape index (κ3) is 6.74. The topological polar surface area (TPSA) is 102 Å². The van der Waals surface area contributed by atoms with Gasteiger partial charge in [0.05, 0.1) is 36.4 Å². The molecule has 4 rings (SSSR count). The van der Waals surface area contributed by atoms with E-state index < -0.39 is 17.6 Å². The molecule has 0 radical (unpaired) electrons. The summed E-state index contributed by atoms with van der Waals surface area (Å²) in [5.41, 5.74) is 3.33. The van der Waals surface area contributed by atoms with Crippen LogP contribution in [0.15, 0.2) is 42.7 Å². The number of carbonyl (C=O) groups is 1. The number of amides is 1. The highest BCUT2D eigenvalue weighted by atomic mass is 19.4. The quantitative estimate of drug-likeness (QED) is 0.276. The standard InChI is InChI=1S/C28H33F3N8O2/c1-17-7-8-19(12-25(17)39-16-24(35-36-39)22-15-33-38(5)18(22)2)27(40)34-23-13-21(28(29,30)31)11-20(26(23)41-6)14-32-9-10-37(3)4/h7-8,11-13,15-16,32H,9-10,14H2,1-6H3,(H,34,40). The first-order valence-corrected chi connectivity index (χ1v) is 12.9. The molecule has 0 aliphatic carbocycles.